The molecule has 1 aliphatic heterocycles. The van der Waals surface area contributed by atoms with E-state index in [1.54, 1.807) is 6.07 Å². The zero-order valence-corrected chi connectivity index (χ0v) is 12.5. The number of halogens is 2. The van der Waals surface area contributed by atoms with Gasteiger partial charge in [-0.2, -0.15) is 5.10 Å². The Bertz CT molecular complexity index is 823. The van der Waals surface area contributed by atoms with Crippen molar-refractivity contribution in [2.75, 3.05) is 0 Å². The van der Waals surface area contributed by atoms with Crippen molar-refractivity contribution < 1.29 is 13.2 Å². The Morgan fingerprint density at radius 3 is 2.70 bits per heavy atom. The van der Waals surface area contributed by atoms with Crippen molar-refractivity contribution >= 4 is 16.8 Å². The summed E-state index contributed by atoms with van der Waals surface area (Å²) in [6.45, 7) is 0. The third-order valence-corrected chi connectivity index (χ3v) is 5.63. The van der Waals surface area contributed by atoms with Gasteiger partial charge in [-0.3, -0.25) is 5.43 Å². The molecule has 3 aliphatic carbocycles. The Morgan fingerprint density at radius 1 is 1.13 bits per heavy atom. The zero-order chi connectivity index (χ0) is 15.6. The van der Waals surface area contributed by atoms with Crippen LogP contribution >= 0.6 is 0 Å². The quantitative estimate of drug-likeness (QED) is 0.847. The molecule has 23 heavy (non-hydrogen) atoms. The Kier molecular flexibility index (Phi) is 2.59. The van der Waals surface area contributed by atoms with Crippen LogP contribution in [0.3, 0.4) is 0 Å². The molecule has 1 aromatic heterocycles. The molecule has 2 heterocycles. The van der Waals surface area contributed by atoms with Crippen LogP contribution in [0.25, 0.3) is 11.0 Å². The highest BCUT2D eigenvalue weighted by Gasteiger charge is 2.50. The number of fused-ring (bicyclic) bond motifs is 3. The maximum atomic E-state index is 13.8. The molecule has 1 spiro atoms. The maximum Gasteiger partial charge on any atom is 0.190 e. The standard InChI is InChI=1S/C17H17F2N3O/c18-12-5-10-6-14(23-15(10)13(19)7-12)16-20-17(22-21-16)8-9-1-3-11(17)4-2-9/h5-7,9,11,22H,1-4,8H2,(H,20,21)/t9?,11?,17-/m1/s1. The predicted octanol–water partition coefficient (Wildman–Crippen LogP) is 3.47. The summed E-state index contributed by atoms with van der Waals surface area (Å²) in [5, 5.41) is 8.28. The third-order valence-electron chi connectivity index (χ3n) is 5.63. The van der Waals surface area contributed by atoms with Gasteiger partial charge in [0.05, 0.1) is 0 Å². The van der Waals surface area contributed by atoms with Crippen LogP contribution in [0.2, 0.25) is 0 Å². The van der Waals surface area contributed by atoms with E-state index in [1.807, 2.05) is 0 Å². The topological polar surface area (TPSA) is 49.6 Å². The lowest BCUT2D eigenvalue weighted by Crippen LogP contribution is -2.62. The largest absolute Gasteiger partial charge is 0.450 e. The number of hydrogen-bond donors (Lipinski definition) is 2. The first kappa shape index (κ1) is 13.3. The summed E-state index contributed by atoms with van der Waals surface area (Å²) in [4.78, 5) is 0. The average Bonchev–Trinajstić information content (AvgIpc) is 3.13. The number of benzene rings is 1. The number of hydrogen-bond acceptors (Lipinski definition) is 4. The molecule has 3 saturated carbocycles. The molecule has 0 saturated heterocycles. The molecule has 0 unspecified atom stereocenters. The highest BCUT2D eigenvalue weighted by Crippen LogP contribution is 2.47. The van der Waals surface area contributed by atoms with Gasteiger partial charge in [0.25, 0.3) is 0 Å². The molecule has 4 nitrogen and oxygen atoms in total. The molecule has 2 aromatic rings. The molecule has 6 rings (SSSR count). The van der Waals surface area contributed by atoms with Gasteiger partial charge in [0.1, 0.15) is 11.5 Å². The van der Waals surface area contributed by atoms with Gasteiger partial charge < -0.3 is 9.73 Å². The van der Waals surface area contributed by atoms with E-state index in [9.17, 15) is 8.78 Å². The van der Waals surface area contributed by atoms with E-state index in [-0.39, 0.29) is 11.2 Å². The molecule has 2 N–H and O–H groups in total. The SMILES string of the molecule is Fc1cc(F)c2oc(C3=NN[C@@]4(CC5CCC4CC5)N3)cc2c1. The van der Waals surface area contributed by atoms with Crippen LogP contribution in [0.4, 0.5) is 8.78 Å². The van der Waals surface area contributed by atoms with Gasteiger partial charge in [-0.15, -0.1) is 0 Å². The van der Waals surface area contributed by atoms with Gasteiger partial charge in [-0.05, 0) is 50.2 Å². The predicted molar refractivity (Wildman–Crippen MR) is 81.7 cm³/mol. The van der Waals surface area contributed by atoms with E-state index in [1.165, 1.54) is 31.7 Å². The van der Waals surface area contributed by atoms with E-state index in [4.69, 9.17) is 4.42 Å². The number of rotatable bonds is 1. The van der Waals surface area contributed by atoms with Crippen molar-refractivity contribution in [3.8, 4) is 0 Å². The van der Waals surface area contributed by atoms with Crippen molar-refractivity contribution in [3.05, 3.63) is 35.6 Å². The number of nitrogens with zero attached hydrogens (tertiary/aromatic N) is 1. The summed E-state index contributed by atoms with van der Waals surface area (Å²) < 4.78 is 32.7. The average molecular weight is 317 g/mol. The van der Waals surface area contributed by atoms with E-state index in [0.717, 1.165) is 18.4 Å². The van der Waals surface area contributed by atoms with Gasteiger partial charge in [0, 0.05) is 17.4 Å². The second kappa shape index (κ2) is 4.46. The maximum absolute atomic E-state index is 13.8. The summed E-state index contributed by atoms with van der Waals surface area (Å²) in [7, 11) is 0. The Morgan fingerprint density at radius 2 is 1.96 bits per heavy atom. The second-order valence-electron chi connectivity index (χ2n) is 7.01. The van der Waals surface area contributed by atoms with Crippen LogP contribution in [0.1, 0.15) is 37.9 Å². The summed E-state index contributed by atoms with van der Waals surface area (Å²) in [6.07, 6.45) is 6.04. The number of furan rings is 1. The second-order valence-corrected chi connectivity index (χ2v) is 7.01. The van der Waals surface area contributed by atoms with Crippen LogP contribution in [0.5, 0.6) is 0 Å². The Hall–Kier alpha value is -2.11. The summed E-state index contributed by atoms with van der Waals surface area (Å²) in [5.41, 5.74) is 3.14. The van der Waals surface area contributed by atoms with E-state index >= 15 is 0 Å². The molecule has 1 atom stereocenters. The lowest BCUT2D eigenvalue weighted by molar-refractivity contribution is 0.0393. The minimum absolute atomic E-state index is 0.0667. The lowest BCUT2D eigenvalue weighted by Gasteiger charge is -2.49. The van der Waals surface area contributed by atoms with Crippen LogP contribution < -0.4 is 10.7 Å². The van der Waals surface area contributed by atoms with Crippen molar-refractivity contribution in [2.24, 2.45) is 16.9 Å². The van der Waals surface area contributed by atoms with Crippen molar-refractivity contribution in [1.82, 2.24) is 10.7 Å². The Labute approximate surface area is 131 Å². The molecule has 2 bridgehead atoms. The monoisotopic (exact) mass is 317 g/mol. The molecule has 6 heteroatoms. The molecule has 4 aliphatic rings. The molecule has 0 radical (unpaired) electrons. The van der Waals surface area contributed by atoms with Crippen molar-refractivity contribution in [2.45, 2.75) is 37.8 Å². The van der Waals surface area contributed by atoms with Crippen molar-refractivity contribution in [1.29, 1.82) is 0 Å². The summed E-state index contributed by atoms with van der Waals surface area (Å²) in [5.74, 6) is 1.00. The number of hydrazone groups is 1. The fraction of sp³-hybridized carbons (Fsp3) is 0.471. The fourth-order valence-corrected chi connectivity index (χ4v) is 4.50. The molecule has 120 valence electrons. The molecular formula is C17H17F2N3O. The van der Waals surface area contributed by atoms with Crippen LogP contribution in [0.15, 0.2) is 27.7 Å². The molecule has 3 fully saturated rings. The van der Waals surface area contributed by atoms with Crippen LogP contribution in [0, 0.1) is 23.5 Å². The first-order valence-corrected chi connectivity index (χ1v) is 8.15. The number of amidine groups is 1. The van der Waals surface area contributed by atoms with E-state index < -0.39 is 11.6 Å². The minimum Gasteiger partial charge on any atom is -0.450 e. The summed E-state index contributed by atoms with van der Waals surface area (Å²) >= 11 is 0. The molecule has 1 aromatic carbocycles. The lowest BCUT2D eigenvalue weighted by atomic mass is 9.64. The smallest absolute Gasteiger partial charge is 0.190 e. The van der Waals surface area contributed by atoms with Gasteiger partial charge in [0.15, 0.2) is 23.0 Å². The summed E-state index contributed by atoms with van der Waals surface area (Å²) in [6, 6.07) is 3.74. The van der Waals surface area contributed by atoms with Crippen LogP contribution in [-0.4, -0.2) is 11.5 Å². The first-order valence-electron chi connectivity index (χ1n) is 8.15. The normalized spacial score (nSPS) is 32.2. The van der Waals surface area contributed by atoms with Gasteiger partial charge >= 0.3 is 0 Å². The first-order chi connectivity index (χ1) is 11.1. The highest BCUT2D eigenvalue weighted by molar-refractivity contribution is 6.01. The highest BCUT2D eigenvalue weighted by atomic mass is 19.1. The third kappa shape index (κ3) is 1.90. The minimum atomic E-state index is -0.691. The molecule has 0 amide bonds. The van der Waals surface area contributed by atoms with Crippen molar-refractivity contribution in [3.63, 3.8) is 0 Å². The van der Waals surface area contributed by atoms with E-state index in [0.29, 0.717) is 22.9 Å². The van der Waals surface area contributed by atoms with Crippen LogP contribution in [-0.2, 0) is 0 Å². The van der Waals surface area contributed by atoms with Gasteiger partial charge in [0.2, 0.25) is 0 Å². The number of nitrogens with one attached hydrogen (secondary N) is 2. The zero-order valence-electron chi connectivity index (χ0n) is 12.5. The van der Waals surface area contributed by atoms with Gasteiger partial charge in [-0.25, -0.2) is 8.78 Å². The van der Waals surface area contributed by atoms with E-state index in [2.05, 4.69) is 15.8 Å². The van der Waals surface area contributed by atoms with Gasteiger partial charge in [-0.1, -0.05) is 0 Å². The Balaban J connectivity index is 1.48. The molecular weight excluding hydrogens is 300 g/mol. The fourth-order valence-electron chi connectivity index (χ4n) is 4.50.